The molecule has 0 bridgehead atoms. The van der Waals surface area contributed by atoms with E-state index < -0.39 is 0 Å². The summed E-state index contributed by atoms with van der Waals surface area (Å²) in [5.41, 5.74) is 2.64. The summed E-state index contributed by atoms with van der Waals surface area (Å²) in [5, 5.41) is 0. The SMILES string of the molecule is c1ccc(CCOc2ccccc2CCCN2CCOCC2)cc1. The van der Waals surface area contributed by atoms with Crippen LogP contribution in [0, 0.1) is 0 Å². The van der Waals surface area contributed by atoms with Crippen LogP contribution < -0.4 is 4.74 Å². The van der Waals surface area contributed by atoms with Gasteiger partial charge in [-0.05, 0) is 36.6 Å². The fraction of sp³-hybridized carbons (Fsp3) is 0.429. The number of hydrogen-bond donors (Lipinski definition) is 0. The standard InChI is InChI=1S/C21H27NO2/c1-2-7-19(8-3-1)12-16-24-21-11-5-4-9-20(21)10-6-13-22-14-17-23-18-15-22/h1-5,7-9,11H,6,10,12-18H2. The Morgan fingerprint density at radius 3 is 2.46 bits per heavy atom. The minimum atomic E-state index is 0.727. The molecule has 0 N–H and O–H groups in total. The van der Waals surface area contributed by atoms with Gasteiger partial charge in [-0.1, -0.05) is 48.5 Å². The maximum atomic E-state index is 6.05. The summed E-state index contributed by atoms with van der Waals surface area (Å²) < 4.78 is 11.5. The van der Waals surface area contributed by atoms with Gasteiger partial charge in [-0.3, -0.25) is 4.90 Å². The van der Waals surface area contributed by atoms with Crippen molar-refractivity contribution in [2.75, 3.05) is 39.5 Å². The molecule has 1 aliphatic rings. The van der Waals surface area contributed by atoms with Crippen molar-refractivity contribution >= 4 is 0 Å². The van der Waals surface area contributed by atoms with Crippen LogP contribution in [0.4, 0.5) is 0 Å². The number of nitrogens with zero attached hydrogens (tertiary/aromatic N) is 1. The van der Waals surface area contributed by atoms with Crippen molar-refractivity contribution in [3.63, 3.8) is 0 Å². The molecule has 0 saturated carbocycles. The lowest BCUT2D eigenvalue weighted by atomic mass is 10.1. The van der Waals surface area contributed by atoms with Crippen LogP contribution in [0.25, 0.3) is 0 Å². The molecule has 1 aliphatic heterocycles. The molecule has 0 atom stereocenters. The van der Waals surface area contributed by atoms with Crippen molar-refractivity contribution in [3.8, 4) is 5.75 Å². The predicted octanol–water partition coefficient (Wildman–Crippen LogP) is 3.57. The number of morpholine rings is 1. The number of aryl methyl sites for hydroxylation is 1. The van der Waals surface area contributed by atoms with Gasteiger partial charge in [0.1, 0.15) is 5.75 Å². The summed E-state index contributed by atoms with van der Waals surface area (Å²) >= 11 is 0. The summed E-state index contributed by atoms with van der Waals surface area (Å²) in [6.45, 7) is 5.75. The molecule has 1 heterocycles. The van der Waals surface area contributed by atoms with E-state index in [1.807, 2.05) is 6.07 Å². The molecular weight excluding hydrogens is 298 g/mol. The number of ether oxygens (including phenoxy) is 2. The van der Waals surface area contributed by atoms with Crippen molar-refractivity contribution < 1.29 is 9.47 Å². The van der Waals surface area contributed by atoms with E-state index in [-0.39, 0.29) is 0 Å². The molecule has 1 saturated heterocycles. The second kappa shape index (κ2) is 9.45. The quantitative estimate of drug-likeness (QED) is 0.740. The van der Waals surface area contributed by atoms with Crippen LogP contribution in [0.2, 0.25) is 0 Å². The van der Waals surface area contributed by atoms with E-state index in [1.54, 1.807) is 0 Å². The summed E-state index contributed by atoms with van der Waals surface area (Å²) in [6.07, 6.45) is 3.18. The van der Waals surface area contributed by atoms with Crippen LogP contribution in [0.15, 0.2) is 54.6 Å². The third kappa shape index (κ3) is 5.36. The van der Waals surface area contributed by atoms with Gasteiger partial charge in [0.05, 0.1) is 19.8 Å². The molecule has 0 spiro atoms. The maximum Gasteiger partial charge on any atom is 0.122 e. The van der Waals surface area contributed by atoms with Crippen LogP contribution in [-0.4, -0.2) is 44.4 Å². The average Bonchev–Trinajstić information content (AvgIpc) is 2.65. The van der Waals surface area contributed by atoms with Gasteiger partial charge in [0, 0.05) is 19.5 Å². The topological polar surface area (TPSA) is 21.7 Å². The first-order chi connectivity index (χ1) is 11.9. The second-order valence-corrected chi connectivity index (χ2v) is 6.25. The highest BCUT2D eigenvalue weighted by atomic mass is 16.5. The Hall–Kier alpha value is -1.84. The first kappa shape index (κ1) is 17.0. The minimum absolute atomic E-state index is 0.727. The lowest BCUT2D eigenvalue weighted by Gasteiger charge is -2.26. The van der Waals surface area contributed by atoms with Gasteiger partial charge in [-0.2, -0.15) is 0 Å². The third-order valence-electron chi connectivity index (χ3n) is 4.49. The Kier molecular flexibility index (Phi) is 6.70. The van der Waals surface area contributed by atoms with Crippen molar-refractivity contribution in [2.45, 2.75) is 19.3 Å². The molecule has 2 aromatic carbocycles. The van der Waals surface area contributed by atoms with E-state index >= 15 is 0 Å². The molecule has 128 valence electrons. The molecule has 0 amide bonds. The van der Waals surface area contributed by atoms with Crippen LogP contribution in [0.5, 0.6) is 5.75 Å². The van der Waals surface area contributed by atoms with E-state index in [2.05, 4.69) is 53.4 Å². The molecule has 24 heavy (non-hydrogen) atoms. The summed E-state index contributed by atoms with van der Waals surface area (Å²) in [4.78, 5) is 2.49. The average molecular weight is 325 g/mol. The van der Waals surface area contributed by atoms with Crippen molar-refractivity contribution in [1.82, 2.24) is 4.90 Å². The van der Waals surface area contributed by atoms with Gasteiger partial charge in [-0.25, -0.2) is 0 Å². The highest BCUT2D eigenvalue weighted by Crippen LogP contribution is 2.20. The first-order valence-corrected chi connectivity index (χ1v) is 8.96. The first-order valence-electron chi connectivity index (χ1n) is 8.96. The van der Waals surface area contributed by atoms with Gasteiger partial charge in [0.25, 0.3) is 0 Å². The molecule has 3 nitrogen and oxygen atoms in total. The summed E-state index contributed by atoms with van der Waals surface area (Å²) in [6, 6.07) is 19.0. The number of benzene rings is 2. The highest BCUT2D eigenvalue weighted by molar-refractivity contribution is 5.33. The predicted molar refractivity (Wildman–Crippen MR) is 97.7 cm³/mol. The fourth-order valence-electron chi connectivity index (χ4n) is 3.09. The molecule has 3 rings (SSSR count). The minimum Gasteiger partial charge on any atom is -0.493 e. The smallest absolute Gasteiger partial charge is 0.122 e. The van der Waals surface area contributed by atoms with Gasteiger partial charge in [0.2, 0.25) is 0 Å². The molecule has 0 radical (unpaired) electrons. The molecule has 0 aromatic heterocycles. The molecule has 0 unspecified atom stereocenters. The largest absolute Gasteiger partial charge is 0.493 e. The number of para-hydroxylation sites is 1. The van der Waals surface area contributed by atoms with Gasteiger partial charge in [-0.15, -0.1) is 0 Å². The van der Waals surface area contributed by atoms with Crippen molar-refractivity contribution in [3.05, 3.63) is 65.7 Å². The van der Waals surface area contributed by atoms with E-state index in [0.29, 0.717) is 0 Å². The molecule has 1 fully saturated rings. The fourth-order valence-corrected chi connectivity index (χ4v) is 3.09. The zero-order chi connectivity index (χ0) is 16.5. The lowest BCUT2D eigenvalue weighted by molar-refractivity contribution is 0.0374. The van der Waals surface area contributed by atoms with Gasteiger partial charge >= 0.3 is 0 Å². The Bertz CT molecular complexity index is 594. The van der Waals surface area contributed by atoms with E-state index in [0.717, 1.165) is 58.0 Å². The summed E-state index contributed by atoms with van der Waals surface area (Å²) in [5.74, 6) is 1.04. The zero-order valence-electron chi connectivity index (χ0n) is 14.3. The number of rotatable bonds is 8. The van der Waals surface area contributed by atoms with Crippen LogP contribution in [0.1, 0.15) is 17.5 Å². The molecule has 2 aromatic rings. The Labute approximate surface area is 145 Å². The highest BCUT2D eigenvalue weighted by Gasteiger charge is 2.10. The molecule has 3 heteroatoms. The van der Waals surface area contributed by atoms with E-state index in [1.165, 1.54) is 17.5 Å². The maximum absolute atomic E-state index is 6.05. The third-order valence-corrected chi connectivity index (χ3v) is 4.49. The lowest BCUT2D eigenvalue weighted by Crippen LogP contribution is -2.36. The van der Waals surface area contributed by atoms with Gasteiger partial charge < -0.3 is 9.47 Å². The Morgan fingerprint density at radius 1 is 0.875 bits per heavy atom. The zero-order valence-corrected chi connectivity index (χ0v) is 14.3. The molecular formula is C21H27NO2. The van der Waals surface area contributed by atoms with E-state index in [9.17, 15) is 0 Å². The normalized spacial score (nSPS) is 15.3. The van der Waals surface area contributed by atoms with Crippen molar-refractivity contribution in [1.29, 1.82) is 0 Å². The monoisotopic (exact) mass is 325 g/mol. The van der Waals surface area contributed by atoms with Crippen LogP contribution >= 0.6 is 0 Å². The van der Waals surface area contributed by atoms with Crippen molar-refractivity contribution in [2.24, 2.45) is 0 Å². The van der Waals surface area contributed by atoms with E-state index in [4.69, 9.17) is 9.47 Å². The molecule has 0 aliphatic carbocycles. The van der Waals surface area contributed by atoms with Gasteiger partial charge in [0.15, 0.2) is 0 Å². The Balaban J connectivity index is 1.45. The van der Waals surface area contributed by atoms with Crippen LogP contribution in [0.3, 0.4) is 0 Å². The summed E-state index contributed by atoms with van der Waals surface area (Å²) in [7, 11) is 0. The second-order valence-electron chi connectivity index (χ2n) is 6.25. The van der Waals surface area contributed by atoms with Crippen LogP contribution in [-0.2, 0) is 17.6 Å². The number of hydrogen-bond acceptors (Lipinski definition) is 3. The Morgan fingerprint density at radius 2 is 1.62 bits per heavy atom.